The molecule has 0 bridgehead atoms. The lowest BCUT2D eigenvalue weighted by Gasteiger charge is -2.19. The Morgan fingerprint density at radius 1 is 1.36 bits per heavy atom. The molecular weight excluding hydrogens is 156 g/mol. The Balaban J connectivity index is 3.44. The first-order valence-corrected chi connectivity index (χ1v) is 7.92. The zero-order valence-electron chi connectivity index (χ0n) is 8.05. The second kappa shape index (κ2) is 4.90. The summed E-state index contributed by atoms with van der Waals surface area (Å²) in [5.74, 6) is 0. The van der Waals surface area contributed by atoms with Crippen LogP contribution in [-0.4, -0.2) is 32.5 Å². The minimum absolute atomic E-state index is 0.249. The van der Waals surface area contributed by atoms with Gasteiger partial charge in [0.1, 0.15) is 0 Å². The molecule has 0 aromatic rings. The van der Waals surface area contributed by atoms with Gasteiger partial charge in [0.15, 0.2) is 0 Å². The zero-order valence-corrected chi connectivity index (χ0v) is 9.05. The van der Waals surface area contributed by atoms with E-state index in [0.29, 0.717) is 13.2 Å². The first kappa shape index (κ1) is 11.1. The van der Waals surface area contributed by atoms with E-state index in [4.69, 9.17) is 4.74 Å². The molecule has 0 amide bonds. The van der Waals surface area contributed by atoms with Crippen molar-refractivity contribution in [2.75, 3.05) is 13.2 Å². The third-order valence-corrected chi connectivity index (χ3v) is 3.06. The molecule has 2 nitrogen and oxygen atoms in total. The van der Waals surface area contributed by atoms with Crippen molar-refractivity contribution in [2.45, 2.75) is 38.7 Å². The molecule has 0 radical (unpaired) electrons. The summed E-state index contributed by atoms with van der Waals surface area (Å²) in [6, 6.07) is 0.938. The minimum Gasteiger partial charge on any atom is -0.391 e. The molecule has 0 aliphatic heterocycles. The van der Waals surface area contributed by atoms with Crippen molar-refractivity contribution >= 4 is 8.07 Å². The lowest BCUT2D eigenvalue weighted by Crippen LogP contribution is -2.29. The van der Waals surface area contributed by atoms with Crippen LogP contribution in [0.5, 0.6) is 0 Å². The van der Waals surface area contributed by atoms with Crippen LogP contribution in [0.3, 0.4) is 0 Å². The summed E-state index contributed by atoms with van der Waals surface area (Å²) in [6.45, 7) is 9.90. The Hall–Kier alpha value is 0.137. The Labute approximate surface area is 70.6 Å². The van der Waals surface area contributed by atoms with Gasteiger partial charge in [0, 0.05) is 14.7 Å². The molecule has 0 fully saturated rings. The molecule has 0 heterocycles. The van der Waals surface area contributed by atoms with E-state index in [1.165, 1.54) is 0 Å². The van der Waals surface area contributed by atoms with Crippen LogP contribution in [0.15, 0.2) is 0 Å². The predicted octanol–water partition coefficient (Wildman–Crippen LogP) is 1.72. The Kier molecular flexibility index (Phi) is 4.96. The Bertz CT molecular complexity index is 98.8. The van der Waals surface area contributed by atoms with Crippen molar-refractivity contribution in [3.63, 3.8) is 0 Å². The van der Waals surface area contributed by atoms with Gasteiger partial charge in [0.2, 0.25) is 0 Å². The van der Waals surface area contributed by atoms with E-state index < -0.39 is 8.07 Å². The molecule has 11 heavy (non-hydrogen) atoms. The number of rotatable bonds is 5. The van der Waals surface area contributed by atoms with Gasteiger partial charge >= 0.3 is 0 Å². The van der Waals surface area contributed by atoms with Gasteiger partial charge in [-0.05, 0) is 13.0 Å². The largest absolute Gasteiger partial charge is 0.391 e. The molecule has 3 heteroatoms. The number of aliphatic hydroxyl groups excluding tert-OH is 1. The van der Waals surface area contributed by atoms with E-state index in [2.05, 4.69) is 19.6 Å². The van der Waals surface area contributed by atoms with Crippen LogP contribution in [0.1, 0.15) is 6.92 Å². The molecule has 0 saturated heterocycles. The molecule has 0 aromatic carbocycles. The van der Waals surface area contributed by atoms with E-state index >= 15 is 0 Å². The highest BCUT2D eigenvalue weighted by Gasteiger charge is 2.18. The zero-order chi connectivity index (χ0) is 8.91. The smallest absolute Gasteiger partial charge is 0.0750 e. The van der Waals surface area contributed by atoms with Crippen molar-refractivity contribution in [3.8, 4) is 0 Å². The lowest BCUT2D eigenvalue weighted by atomic mass is 10.4. The van der Waals surface area contributed by atoms with Crippen molar-refractivity contribution in [3.05, 3.63) is 0 Å². The summed E-state index contributed by atoms with van der Waals surface area (Å²) in [6.07, 6.45) is -0.249. The molecule has 68 valence electrons. The average Bonchev–Trinajstić information content (AvgIpc) is 1.79. The van der Waals surface area contributed by atoms with E-state index in [9.17, 15) is 5.11 Å². The average molecular weight is 176 g/mol. The van der Waals surface area contributed by atoms with Crippen LogP contribution in [0.4, 0.5) is 0 Å². The molecule has 1 unspecified atom stereocenters. The number of aliphatic hydroxyl groups is 1. The molecule has 0 saturated carbocycles. The Morgan fingerprint density at radius 2 is 1.91 bits per heavy atom. The molecule has 1 N–H and O–H groups in total. The predicted molar refractivity (Wildman–Crippen MR) is 50.7 cm³/mol. The van der Waals surface area contributed by atoms with Gasteiger partial charge in [-0.2, -0.15) is 0 Å². The van der Waals surface area contributed by atoms with Crippen LogP contribution < -0.4 is 0 Å². The SMILES string of the molecule is CCOCC(O)C[Si](C)(C)C. The highest BCUT2D eigenvalue weighted by atomic mass is 28.3. The maximum absolute atomic E-state index is 9.43. The summed E-state index contributed by atoms with van der Waals surface area (Å²) in [4.78, 5) is 0. The van der Waals surface area contributed by atoms with Crippen LogP contribution in [0.25, 0.3) is 0 Å². The monoisotopic (exact) mass is 176 g/mol. The fraction of sp³-hybridized carbons (Fsp3) is 1.00. The molecule has 1 atom stereocenters. The molecule has 0 aromatic heterocycles. The minimum atomic E-state index is -1.10. The topological polar surface area (TPSA) is 29.5 Å². The van der Waals surface area contributed by atoms with Gasteiger partial charge in [-0.3, -0.25) is 0 Å². The highest BCUT2D eigenvalue weighted by Crippen LogP contribution is 2.11. The van der Waals surface area contributed by atoms with E-state index in [-0.39, 0.29) is 6.10 Å². The fourth-order valence-corrected chi connectivity index (χ4v) is 2.55. The summed E-state index contributed by atoms with van der Waals surface area (Å²) >= 11 is 0. The maximum Gasteiger partial charge on any atom is 0.0750 e. The van der Waals surface area contributed by atoms with Gasteiger partial charge in [0.05, 0.1) is 12.7 Å². The van der Waals surface area contributed by atoms with Gasteiger partial charge in [-0.1, -0.05) is 19.6 Å². The maximum atomic E-state index is 9.43. The third-order valence-electron chi connectivity index (χ3n) is 1.36. The van der Waals surface area contributed by atoms with E-state index in [1.807, 2.05) is 6.92 Å². The summed E-state index contributed by atoms with van der Waals surface area (Å²) < 4.78 is 5.11. The quantitative estimate of drug-likeness (QED) is 0.646. The van der Waals surface area contributed by atoms with Crippen molar-refractivity contribution in [1.29, 1.82) is 0 Å². The van der Waals surface area contributed by atoms with Crippen LogP contribution in [-0.2, 0) is 4.74 Å². The molecule has 0 rings (SSSR count). The van der Waals surface area contributed by atoms with Crippen LogP contribution >= 0.6 is 0 Å². The number of hydrogen-bond acceptors (Lipinski definition) is 2. The third kappa shape index (κ3) is 8.04. The molecular formula is C8H20O2Si. The van der Waals surface area contributed by atoms with Crippen molar-refractivity contribution in [2.24, 2.45) is 0 Å². The van der Waals surface area contributed by atoms with Crippen LogP contribution in [0, 0.1) is 0 Å². The molecule has 0 aliphatic carbocycles. The van der Waals surface area contributed by atoms with Gasteiger partial charge < -0.3 is 9.84 Å². The first-order valence-electron chi connectivity index (χ1n) is 4.21. The number of ether oxygens (including phenoxy) is 1. The van der Waals surface area contributed by atoms with Crippen LogP contribution in [0.2, 0.25) is 25.7 Å². The normalized spacial score (nSPS) is 15.0. The number of hydrogen-bond donors (Lipinski definition) is 1. The second-order valence-corrected chi connectivity index (χ2v) is 9.61. The van der Waals surface area contributed by atoms with Crippen molar-refractivity contribution < 1.29 is 9.84 Å². The molecule has 0 aliphatic rings. The fourth-order valence-electron chi connectivity index (χ4n) is 1.02. The summed E-state index contributed by atoms with van der Waals surface area (Å²) in [5.41, 5.74) is 0. The van der Waals surface area contributed by atoms with Gasteiger partial charge in [-0.15, -0.1) is 0 Å². The first-order chi connectivity index (χ1) is 4.95. The lowest BCUT2D eigenvalue weighted by molar-refractivity contribution is 0.0520. The summed E-state index contributed by atoms with van der Waals surface area (Å²) in [7, 11) is -1.10. The van der Waals surface area contributed by atoms with E-state index in [0.717, 1.165) is 6.04 Å². The van der Waals surface area contributed by atoms with E-state index in [1.54, 1.807) is 0 Å². The second-order valence-electron chi connectivity index (χ2n) is 4.08. The summed E-state index contributed by atoms with van der Waals surface area (Å²) in [5, 5.41) is 9.43. The standard InChI is InChI=1S/C8H20O2Si/c1-5-10-6-8(9)7-11(2,3)4/h8-9H,5-7H2,1-4H3. The Morgan fingerprint density at radius 3 is 2.27 bits per heavy atom. The van der Waals surface area contributed by atoms with Gasteiger partial charge in [-0.25, -0.2) is 0 Å². The molecule has 0 spiro atoms. The van der Waals surface area contributed by atoms with Gasteiger partial charge in [0.25, 0.3) is 0 Å². The highest BCUT2D eigenvalue weighted by molar-refractivity contribution is 6.76. The van der Waals surface area contributed by atoms with Crippen molar-refractivity contribution in [1.82, 2.24) is 0 Å².